The van der Waals surface area contributed by atoms with Crippen molar-refractivity contribution in [2.45, 2.75) is 45.7 Å². The molecule has 0 aliphatic carbocycles. The van der Waals surface area contributed by atoms with E-state index in [-0.39, 0.29) is 12.1 Å². The fourth-order valence-corrected chi connectivity index (χ4v) is 3.60. The van der Waals surface area contributed by atoms with Crippen molar-refractivity contribution >= 4 is 28.5 Å². The van der Waals surface area contributed by atoms with E-state index in [0.717, 1.165) is 29.2 Å². The summed E-state index contributed by atoms with van der Waals surface area (Å²) < 4.78 is 0. The van der Waals surface area contributed by atoms with Crippen LogP contribution in [0.3, 0.4) is 0 Å². The standard InChI is InChI=1S/C17H22N4OS/c1-3-5-8-11-23-17-19-16(22)15-12-9-6-7-10-13(12)18-14(4-2)21(15)20-17/h6-7,9-10,14H,3-5,8,11H2,1-2H3,(H,19,20,22)/t14-/m0/s1. The van der Waals surface area contributed by atoms with Crippen molar-refractivity contribution in [3.8, 4) is 0 Å². The number of unbranched alkanes of at least 4 members (excludes halogenated alkanes) is 2. The third-order valence-corrected chi connectivity index (χ3v) is 4.89. The molecule has 1 aromatic rings. The lowest BCUT2D eigenvalue weighted by Crippen LogP contribution is -2.52. The van der Waals surface area contributed by atoms with Crippen molar-refractivity contribution in [3.05, 3.63) is 34.8 Å². The molecule has 5 nitrogen and oxygen atoms in total. The van der Waals surface area contributed by atoms with Gasteiger partial charge < -0.3 is 0 Å². The quantitative estimate of drug-likeness (QED) is 0.838. The summed E-state index contributed by atoms with van der Waals surface area (Å²) in [5.74, 6) is 0.888. The zero-order valence-corrected chi connectivity index (χ0v) is 14.4. The van der Waals surface area contributed by atoms with E-state index < -0.39 is 0 Å². The average Bonchev–Trinajstić information content (AvgIpc) is 2.57. The number of thioether (sulfide) groups is 1. The second-order valence-electron chi connectivity index (χ2n) is 5.64. The highest BCUT2D eigenvalue weighted by Gasteiger charge is 2.32. The van der Waals surface area contributed by atoms with Crippen LogP contribution < -0.4 is 15.9 Å². The molecule has 3 rings (SSSR count). The minimum Gasteiger partial charge on any atom is -0.298 e. The Morgan fingerprint density at radius 1 is 1.26 bits per heavy atom. The lowest BCUT2D eigenvalue weighted by molar-refractivity contribution is -0.116. The summed E-state index contributed by atoms with van der Waals surface area (Å²) in [6.45, 7) is 4.25. The molecule has 0 fully saturated rings. The summed E-state index contributed by atoms with van der Waals surface area (Å²) in [5, 5.41) is 11.8. The van der Waals surface area contributed by atoms with Crippen LogP contribution in [0.25, 0.3) is 5.70 Å². The van der Waals surface area contributed by atoms with Crippen LogP contribution in [-0.4, -0.2) is 28.0 Å². The molecule has 122 valence electrons. The molecule has 6 heteroatoms. The first kappa shape index (κ1) is 16.1. The Morgan fingerprint density at radius 3 is 2.87 bits per heavy atom. The van der Waals surface area contributed by atoms with Crippen LogP contribution in [-0.2, 0) is 4.79 Å². The van der Waals surface area contributed by atoms with Crippen molar-refractivity contribution in [2.24, 2.45) is 10.1 Å². The number of hydrazone groups is 1. The lowest BCUT2D eigenvalue weighted by atomic mass is 10.1. The minimum atomic E-state index is -0.114. The van der Waals surface area contributed by atoms with Crippen LogP contribution in [0.4, 0.5) is 0 Å². The van der Waals surface area contributed by atoms with E-state index in [2.05, 4.69) is 24.3 Å². The Bertz CT molecular complexity index is 743. The van der Waals surface area contributed by atoms with Gasteiger partial charge in [0.05, 0.1) is 5.36 Å². The molecular formula is C17H22N4OS. The van der Waals surface area contributed by atoms with Crippen LogP contribution in [0.5, 0.6) is 0 Å². The van der Waals surface area contributed by atoms with E-state index in [1.54, 1.807) is 16.8 Å². The van der Waals surface area contributed by atoms with Gasteiger partial charge >= 0.3 is 0 Å². The lowest BCUT2D eigenvalue weighted by Gasteiger charge is -2.33. The zero-order valence-electron chi connectivity index (χ0n) is 13.6. The monoisotopic (exact) mass is 330 g/mol. The predicted octanol–water partition coefficient (Wildman–Crippen LogP) is 1.79. The third-order valence-electron chi connectivity index (χ3n) is 3.94. The third kappa shape index (κ3) is 3.27. The topological polar surface area (TPSA) is 57.1 Å². The number of amidine groups is 1. The van der Waals surface area contributed by atoms with Gasteiger partial charge in [-0.3, -0.25) is 15.1 Å². The molecule has 0 radical (unpaired) electrons. The van der Waals surface area contributed by atoms with Gasteiger partial charge in [0.2, 0.25) is 0 Å². The fourth-order valence-electron chi connectivity index (χ4n) is 2.75. The highest BCUT2D eigenvalue weighted by molar-refractivity contribution is 8.13. The number of fused-ring (bicyclic) bond motifs is 2. The van der Waals surface area contributed by atoms with Crippen LogP contribution in [0.2, 0.25) is 0 Å². The molecular weight excluding hydrogens is 308 g/mol. The maximum atomic E-state index is 12.6. The number of hydrogen-bond acceptors (Lipinski definition) is 5. The van der Waals surface area contributed by atoms with Crippen LogP contribution in [0, 0.1) is 0 Å². The number of nitrogens with one attached hydrogen (secondary N) is 1. The maximum absolute atomic E-state index is 12.6. The SMILES string of the molecule is CCCCCSC1=NN2C(=c3ccccc3=N[C@@H]2CC)C(=O)N1. The summed E-state index contributed by atoms with van der Waals surface area (Å²) in [5.41, 5.74) is 0.611. The van der Waals surface area contributed by atoms with Gasteiger partial charge in [-0.05, 0) is 18.9 Å². The molecule has 23 heavy (non-hydrogen) atoms. The predicted molar refractivity (Wildman–Crippen MR) is 94.1 cm³/mol. The Morgan fingerprint density at radius 2 is 2.09 bits per heavy atom. The molecule has 0 saturated heterocycles. The van der Waals surface area contributed by atoms with Gasteiger partial charge in [0.25, 0.3) is 5.91 Å². The average molecular weight is 330 g/mol. The van der Waals surface area contributed by atoms with E-state index in [0.29, 0.717) is 10.9 Å². The van der Waals surface area contributed by atoms with Crippen LogP contribution in [0.1, 0.15) is 39.5 Å². The molecule has 0 saturated carbocycles. The summed E-state index contributed by atoms with van der Waals surface area (Å²) in [6, 6.07) is 7.76. The Kier molecular flexibility index (Phi) is 5.00. The second kappa shape index (κ2) is 7.17. The smallest absolute Gasteiger partial charge is 0.276 e. The van der Waals surface area contributed by atoms with E-state index in [1.165, 1.54) is 12.8 Å². The Hall–Kier alpha value is -1.82. The Labute approximate surface area is 140 Å². The second-order valence-corrected chi connectivity index (χ2v) is 6.73. The van der Waals surface area contributed by atoms with E-state index in [9.17, 15) is 4.79 Å². The molecule has 2 heterocycles. The van der Waals surface area contributed by atoms with Gasteiger partial charge in [-0.25, -0.2) is 5.01 Å². The van der Waals surface area contributed by atoms with Crippen molar-refractivity contribution in [3.63, 3.8) is 0 Å². The number of hydrogen-bond donors (Lipinski definition) is 1. The summed E-state index contributed by atoms with van der Waals surface area (Å²) in [4.78, 5) is 17.4. The molecule has 0 spiro atoms. The molecule has 2 aliphatic rings. The molecule has 1 amide bonds. The van der Waals surface area contributed by atoms with E-state index in [4.69, 9.17) is 4.99 Å². The maximum Gasteiger partial charge on any atom is 0.276 e. The summed E-state index contributed by atoms with van der Waals surface area (Å²) in [6.07, 6.45) is 4.23. The Balaban J connectivity index is 1.93. The molecule has 0 unspecified atom stereocenters. The van der Waals surface area contributed by atoms with Gasteiger partial charge in [-0.2, -0.15) is 0 Å². The highest BCUT2D eigenvalue weighted by Crippen LogP contribution is 2.22. The molecule has 2 aliphatic heterocycles. The first-order chi connectivity index (χ1) is 11.2. The highest BCUT2D eigenvalue weighted by atomic mass is 32.2. The molecule has 1 N–H and O–H groups in total. The van der Waals surface area contributed by atoms with Gasteiger partial charge in [0, 0.05) is 11.0 Å². The van der Waals surface area contributed by atoms with Crippen molar-refractivity contribution in [1.82, 2.24) is 10.3 Å². The first-order valence-corrected chi connectivity index (χ1v) is 9.22. The number of amides is 1. The molecule has 0 aromatic heterocycles. The molecule has 1 atom stereocenters. The minimum absolute atomic E-state index is 0.0845. The van der Waals surface area contributed by atoms with E-state index >= 15 is 0 Å². The van der Waals surface area contributed by atoms with Crippen molar-refractivity contribution < 1.29 is 4.79 Å². The largest absolute Gasteiger partial charge is 0.298 e. The first-order valence-electron chi connectivity index (χ1n) is 8.23. The van der Waals surface area contributed by atoms with Crippen LogP contribution >= 0.6 is 11.8 Å². The van der Waals surface area contributed by atoms with Gasteiger partial charge in [-0.15, -0.1) is 5.10 Å². The van der Waals surface area contributed by atoms with Gasteiger partial charge in [0.15, 0.2) is 5.17 Å². The van der Waals surface area contributed by atoms with Crippen LogP contribution in [0.15, 0.2) is 34.4 Å². The molecule has 0 bridgehead atoms. The number of carbonyl (C=O) groups excluding carboxylic acids is 1. The van der Waals surface area contributed by atoms with Gasteiger partial charge in [0.1, 0.15) is 11.9 Å². The summed E-state index contributed by atoms with van der Waals surface area (Å²) >= 11 is 1.61. The number of rotatable bonds is 5. The number of carbonyl (C=O) groups is 1. The van der Waals surface area contributed by atoms with Crippen molar-refractivity contribution in [1.29, 1.82) is 0 Å². The molecule has 1 aromatic carbocycles. The summed E-state index contributed by atoms with van der Waals surface area (Å²) in [7, 11) is 0. The van der Waals surface area contributed by atoms with Gasteiger partial charge in [-0.1, -0.05) is 56.7 Å². The zero-order chi connectivity index (χ0) is 16.2. The normalized spacial score (nSPS) is 19.5. The fraction of sp³-hybridized carbons (Fsp3) is 0.471. The van der Waals surface area contributed by atoms with Crippen molar-refractivity contribution in [2.75, 3.05) is 5.75 Å². The number of para-hydroxylation sites is 1. The number of benzene rings is 1. The number of nitrogens with zero attached hydrogens (tertiary/aromatic N) is 3. The van der Waals surface area contributed by atoms with E-state index in [1.807, 2.05) is 24.3 Å².